The van der Waals surface area contributed by atoms with Crippen LogP contribution in [0.4, 0.5) is 0 Å². The minimum absolute atomic E-state index is 0.166. The van der Waals surface area contributed by atoms with Crippen molar-refractivity contribution in [3.8, 4) is 22.8 Å². The molecule has 0 amide bonds. The molecule has 0 fully saturated rings. The van der Waals surface area contributed by atoms with Crippen LogP contribution >= 0.6 is 11.6 Å². The molecular formula is C25H19ClO5. The van der Waals surface area contributed by atoms with E-state index in [9.17, 15) is 9.59 Å². The molecule has 0 bridgehead atoms. The van der Waals surface area contributed by atoms with Gasteiger partial charge in [0.05, 0.1) is 18.1 Å². The van der Waals surface area contributed by atoms with Gasteiger partial charge in [-0.05, 0) is 79.6 Å². The Morgan fingerprint density at radius 2 is 1.68 bits per heavy atom. The van der Waals surface area contributed by atoms with Crippen LogP contribution in [0.5, 0.6) is 11.5 Å². The fourth-order valence-corrected chi connectivity index (χ4v) is 3.42. The SMILES string of the molecule is COc1ccc(-c2oc3cc(C)c(C)cc3c(=O)c2OC(=O)c2cccc(Cl)c2)cc1. The molecule has 31 heavy (non-hydrogen) atoms. The maximum atomic E-state index is 13.4. The van der Waals surface area contributed by atoms with E-state index in [1.54, 1.807) is 55.6 Å². The quantitative estimate of drug-likeness (QED) is 0.371. The van der Waals surface area contributed by atoms with Crippen molar-refractivity contribution in [3.05, 3.63) is 92.6 Å². The molecule has 0 aliphatic rings. The molecule has 0 saturated carbocycles. The highest BCUT2D eigenvalue weighted by Crippen LogP contribution is 2.33. The molecule has 1 aromatic heterocycles. The van der Waals surface area contributed by atoms with Crippen LogP contribution in [-0.4, -0.2) is 13.1 Å². The molecule has 4 rings (SSSR count). The molecule has 0 saturated heterocycles. The Balaban J connectivity index is 1.91. The van der Waals surface area contributed by atoms with Gasteiger partial charge in [-0.2, -0.15) is 0 Å². The molecule has 0 aliphatic carbocycles. The van der Waals surface area contributed by atoms with E-state index >= 15 is 0 Å². The zero-order chi connectivity index (χ0) is 22.1. The number of carbonyl (C=O) groups is 1. The summed E-state index contributed by atoms with van der Waals surface area (Å²) in [6, 6.07) is 16.8. The molecule has 0 N–H and O–H groups in total. The molecule has 6 heteroatoms. The summed E-state index contributed by atoms with van der Waals surface area (Å²) in [6.45, 7) is 3.85. The minimum Gasteiger partial charge on any atom is -0.497 e. The Labute approximate surface area is 183 Å². The molecule has 3 aromatic carbocycles. The van der Waals surface area contributed by atoms with Crippen molar-refractivity contribution in [1.29, 1.82) is 0 Å². The Kier molecular flexibility index (Phi) is 5.53. The number of hydrogen-bond acceptors (Lipinski definition) is 5. The summed E-state index contributed by atoms with van der Waals surface area (Å²) in [5, 5.41) is 0.732. The van der Waals surface area contributed by atoms with Crippen molar-refractivity contribution < 1.29 is 18.7 Å². The van der Waals surface area contributed by atoms with Gasteiger partial charge < -0.3 is 13.9 Å². The van der Waals surface area contributed by atoms with Gasteiger partial charge in [-0.3, -0.25) is 4.79 Å². The number of benzene rings is 3. The maximum absolute atomic E-state index is 13.4. The Morgan fingerprint density at radius 3 is 2.35 bits per heavy atom. The van der Waals surface area contributed by atoms with Crippen LogP contribution in [0, 0.1) is 13.8 Å². The largest absolute Gasteiger partial charge is 0.497 e. The molecular weight excluding hydrogens is 416 g/mol. The molecule has 4 aromatic rings. The topological polar surface area (TPSA) is 65.7 Å². The zero-order valence-corrected chi connectivity index (χ0v) is 17.9. The number of hydrogen-bond donors (Lipinski definition) is 0. The zero-order valence-electron chi connectivity index (χ0n) is 17.2. The summed E-state index contributed by atoms with van der Waals surface area (Å²) < 4.78 is 16.9. The van der Waals surface area contributed by atoms with E-state index in [1.165, 1.54) is 6.07 Å². The van der Waals surface area contributed by atoms with Gasteiger partial charge in [0.15, 0.2) is 5.76 Å². The lowest BCUT2D eigenvalue weighted by Crippen LogP contribution is -2.16. The third-order valence-corrected chi connectivity index (χ3v) is 5.31. The van der Waals surface area contributed by atoms with E-state index in [2.05, 4.69) is 0 Å². The predicted molar refractivity (Wildman–Crippen MR) is 120 cm³/mol. The number of ether oxygens (including phenoxy) is 2. The molecule has 0 unspecified atom stereocenters. The standard InChI is InChI=1S/C25H19ClO5/c1-14-11-20-21(12-15(14)2)30-23(16-7-9-19(29-3)10-8-16)24(22(20)27)31-25(28)17-5-4-6-18(26)13-17/h4-13H,1-3H3. The van der Waals surface area contributed by atoms with Gasteiger partial charge in [-0.25, -0.2) is 4.79 Å². The number of esters is 1. The van der Waals surface area contributed by atoms with Crippen LogP contribution in [0.15, 0.2) is 69.9 Å². The molecule has 5 nitrogen and oxygen atoms in total. The number of rotatable bonds is 4. The third kappa shape index (κ3) is 4.05. The summed E-state index contributed by atoms with van der Waals surface area (Å²) in [7, 11) is 1.56. The van der Waals surface area contributed by atoms with Crippen LogP contribution in [0.25, 0.3) is 22.3 Å². The lowest BCUT2D eigenvalue weighted by molar-refractivity contribution is 0.0731. The monoisotopic (exact) mass is 434 g/mol. The molecule has 156 valence electrons. The first-order valence-electron chi connectivity index (χ1n) is 9.57. The first-order chi connectivity index (χ1) is 14.9. The van der Waals surface area contributed by atoms with Crippen LogP contribution in [0.1, 0.15) is 21.5 Å². The van der Waals surface area contributed by atoms with Crippen molar-refractivity contribution in [2.75, 3.05) is 7.11 Å². The van der Waals surface area contributed by atoms with Crippen LogP contribution in [0.3, 0.4) is 0 Å². The summed E-state index contributed by atoms with van der Waals surface area (Å²) in [5.41, 5.74) is 2.72. The van der Waals surface area contributed by atoms with Crippen molar-refractivity contribution in [2.24, 2.45) is 0 Å². The van der Waals surface area contributed by atoms with E-state index < -0.39 is 11.4 Å². The highest BCUT2D eigenvalue weighted by Gasteiger charge is 2.22. The number of aryl methyl sites for hydroxylation is 2. The number of fused-ring (bicyclic) bond motifs is 1. The normalized spacial score (nSPS) is 10.8. The van der Waals surface area contributed by atoms with Crippen LogP contribution in [-0.2, 0) is 0 Å². The van der Waals surface area contributed by atoms with Crippen molar-refractivity contribution >= 4 is 28.5 Å². The van der Waals surface area contributed by atoms with Crippen LogP contribution in [0.2, 0.25) is 5.02 Å². The van der Waals surface area contributed by atoms with Crippen LogP contribution < -0.4 is 14.9 Å². The van der Waals surface area contributed by atoms with Gasteiger partial charge in [0, 0.05) is 10.6 Å². The first-order valence-corrected chi connectivity index (χ1v) is 9.95. The Hall–Kier alpha value is -3.57. The number of carbonyl (C=O) groups excluding carboxylic acids is 1. The van der Waals surface area contributed by atoms with E-state index in [0.29, 0.717) is 27.3 Å². The van der Waals surface area contributed by atoms with E-state index in [1.807, 2.05) is 19.9 Å². The summed E-state index contributed by atoms with van der Waals surface area (Å²) in [6.07, 6.45) is 0. The van der Waals surface area contributed by atoms with Crippen molar-refractivity contribution in [1.82, 2.24) is 0 Å². The van der Waals surface area contributed by atoms with Gasteiger partial charge in [0.25, 0.3) is 0 Å². The maximum Gasteiger partial charge on any atom is 0.343 e. The van der Waals surface area contributed by atoms with Crippen molar-refractivity contribution in [2.45, 2.75) is 13.8 Å². The molecule has 0 atom stereocenters. The number of halogens is 1. The lowest BCUT2D eigenvalue weighted by Gasteiger charge is -2.12. The average molecular weight is 435 g/mol. The van der Waals surface area contributed by atoms with Gasteiger partial charge in [0.2, 0.25) is 11.2 Å². The summed E-state index contributed by atoms with van der Waals surface area (Å²) >= 11 is 5.99. The minimum atomic E-state index is -0.701. The average Bonchev–Trinajstić information content (AvgIpc) is 2.77. The van der Waals surface area contributed by atoms with E-state index in [0.717, 1.165) is 11.1 Å². The molecule has 0 radical (unpaired) electrons. The molecule has 0 spiro atoms. The Morgan fingerprint density at radius 1 is 0.968 bits per heavy atom. The lowest BCUT2D eigenvalue weighted by atomic mass is 10.0. The molecule has 0 aliphatic heterocycles. The predicted octanol–water partition coefficient (Wildman–Crippen LogP) is 5.96. The van der Waals surface area contributed by atoms with Gasteiger partial charge in [-0.15, -0.1) is 0 Å². The summed E-state index contributed by atoms with van der Waals surface area (Å²) in [4.78, 5) is 26.1. The highest BCUT2D eigenvalue weighted by atomic mass is 35.5. The Bertz CT molecular complexity index is 1350. The fraction of sp³-hybridized carbons (Fsp3) is 0.120. The second-order valence-corrected chi connectivity index (χ2v) is 7.59. The fourth-order valence-electron chi connectivity index (χ4n) is 3.23. The first kappa shape index (κ1) is 20.7. The van der Waals surface area contributed by atoms with E-state index in [-0.39, 0.29) is 17.1 Å². The summed E-state index contributed by atoms with van der Waals surface area (Å²) in [5.74, 6) is -0.0618. The molecule has 1 heterocycles. The van der Waals surface area contributed by atoms with Crippen molar-refractivity contribution in [3.63, 3.8) is 0 Å². The van der Waals surface area contributed by atoms with E-state index in [4.69, 9.17) is 25.5 Å². The van der Waals surface area contributed by atoms with Gasteiger partial charge in [-0.1, -0.05) is 17.7 Å². The van der Waals surface area contributed by atoms with Gasteiger partial charge >= 0.3 is 5.97 Å². The second-order valence-electron chi connectivity index (χ2n) is 7.15. The van der Waals surface area contributed by atoms with Gasteiger partial charge in [0.1, 0.15) is 11.3 Å². The third-order valence-electron chi connectivity index (χ3n) is 5.07. The number of methoxy groups -OCH3 is 1. The smallest absolute Gasteiger partial charge is 0.343 e. The second kappa shape index (κ2) is 8.28. The highest BCUT2D eigenvalue weighted by molar-refractivity contribution is 6.30.